The van der Waals surface area contributed by atoms with Gasteiger partial charge in [0.15, 0.2) is 0 Å². The van der Waals surface area contributed by atoms with Gasteiger partial charge in [0.25, 0.3) is 11.1 Å². The highest BCUT2D eigenvalue weighted by atomic mass is 79.9. The normalized spacial score (nSPS) is 19.4. The van der Waals surface area contributed by atoms with Crippen LogP contribution in [-0.2, 0) is 9.59 Å². The predicted molar refractivity (Wildman–Crippen MR) is 99.3 cm³/mol. The molecular formula is C16H14BrClN2O4S. The van der Waals surface area contributed by atoms with E-state index in [0.29, 0.717) is 28.1 Å². The number of amides is 3. The number of halogens is 2. The van der Waals surface area contributed by atoms with Gasteiger partial charge in [-0.05, 0) is 58.7 Å². The van der Waals surface area contributed by atoms with E-state index in [2.05, 4.69) is 15.9 Å². The summed E-state index contributed by atoms with van der Waals surface area (Å²) in [5, 5.41) is 9.94. The maximum Gasteiger partial charge on any atom is 0.294 e. The van der Waals surface area contributed by atoms with Crippen molar-refractivity contribution in [1.29, 1.82) is 0 Å². The zero-order chi connectivity index (χ0) is 18.1. The summed E-state index contributed by atoms with van der Waals surface area (Å²) in [4.78, 5) is 39.5. The molecule has 0 bridgehead atoms. The molecule has 0 aliphatic carbocycles. The summed E-state index contributed by atoms with van der Waals surface area (Å²) in [5.74, 6) is -0.850. The molecular weight excluding hydrogens is 432 g/mol. The van der Waals surface area contributed by atoms with Crippen LogP contribution in [-0.4, -0.2) is 51.6 Å². The van der Waals surface area contributed by atoms with E-state index in [1.807, 2.05) is 0 Å². The largest absolute Gasteiger partial charge is 0.506 e. The van der Waals surface area contributed by atoms with Crippen LogP contribution in [0.4, 0.5) is 4.79 Å². The van der Waals surface area contributed by atoms with Gasteiger partial charge < -0.3 is 10.0 Å². The number of likely N-dealkylation sites (tertiary alicyclic amines) is 1. The smallest absolute Gasteiger partial charge is 0.294 e. The van der Waals surface area contributed by atoms with Crippen molar-refractivity contribution in [3.8, 4) is 5.75 Å². The van der Waals surface area contributed by atoms with E-state index in [9.17, 15) is 19.5 Å². The fourth-order valence-corrected chi connectivity index (χ4v) is 4.34. The molecule has 2 aliphatic rings. The molecule has 2 aliphatic heterocycles. The minimum Gasteiger partial charge on any atom is -0.506 e. The summed E-state index contributed by atoms with van der Waals surface area (Å²) >= 11 is 9.87. The van der Waals surface area contributed by atoms with Crippen molar-refractivity contribution in [1.82, 2.24) is 9.80 Å². The number of imide groups is 1. The molecule has 3 rings (SSSR count). The van der Waals surface area contributed by atoms with Crippen molar-refractivity contribution in [3.63, 3.8) is 0 Å². The van der Waals surface area contributed by atoms with Crippen LogP contribution >= 0.6 is 39.3 Å². The lowest BCUT2D eigenvalue weighted by Gasteiger charge is -2.18. The molecule has 0 saturated carbocycles. The Morgan fingerprint density at radius 2 is 2.00 bits per heavy atom. The summed E-state index contributed by atoms with van der Waals surface area (Å²) in [7, 11) is 0. The SMILES string of the molecule is O=C(CN1C(=O)S/C(=C\c2cc(Cl)cc(Br)c2O)C1=O)N1CCCC1. The van der Waals surface area contributed by atoms with Gasteiger partial charge in [-0.2, -0.15) is 0 Å². The van der Waals surface area contributed by atoms with Crippen molar-refractivity contribution in [2.45, 2.75) is 12.8 Å². The van der Waals surface area contributed by atoms with Gasteiger partial charge in [-0.3, -0.25) is 19.3 Å². The van der Waals surface area contributed by atoms with Gasteiger partial charge in [-0.25, -0.2) is 0 Å². The third kappa shape index (κ3) is 3.86. The number of hydrogen-bond donors (Lipinski definition) is 1. The topological polar surface area (TPSA) is 77.9 Å². The van der Waals surface area contributed by atoms with Crippen LogP contribution in [0.1, 0.15) is 18.4 Å². The first-order chi connectivity index (χ1) is 11.9. The number of phenols is 1. The molecule has 0 spiro atoms. The van der Waals surface area contributed by atoms with Crippen LogP contribution in [0.5, 0.6) is 5.75 Å². The fourth-order valence-electron chi connectivity index (χ4n) is 2.68. The molecule has 3 amide bonds. The van der Waals surface area contributed by atoms with Crippen molar-refractivity contribution in [2.24, 2.45) is 0 Å². The summed E-state index contributed by atoms with van der Waals surface area (Å²) in [6, 6.07) is 3.01. The van der Waals surface area contributed by atoms with Crippen LogP contribution < -0.4 is 0 Å². The summed E-state index contributed by atoms with van der Waals surface area (Å²) in [6.45, 7) is 1.07. The first-order valence-corrected chi connectivity index (χ1v) is 9.56. The van der Waals surface area contributed by atoms with E-state index in [1.54, 1.807) is 4.90 Å². The molecule has 25 heavy (non-hydrogen) atoms. The van der Waals surface area contributed by atoms with E-state index < -0.39 is 11.1 Å². The molecule has 0 aromatic heterocycles. The Bertz CT molecular complexity index is 793. The second-order valence-electron chi connectivity index (χ2n) is 5.68. The average Bonchev–Trinajstić information content (AvgIpc) is 3.17. The molecule has 1 aromatic carbocycles. The Hall–Kier alpha value is -1.51. The minimum absolute atomic E-state index is 0.0793. The highest BCUT2D eigenvalue weighted by Crippen LogP contribution is 2.37. The van der Waals surface area contributed by atoms with Crippen molar-refractivity contribution < 1.29 is 19.5 Å². The van der Waals surface area contributed by atoms with Crippen molar-refractivity contribution in [2.75, 3.05) is 19.6 Å². The fraction of sp³-hybridized carbons (Fsp3) is 0.312. The molecule has 2 fully saturated rings. The van der Waals surface area contributed by atoms with Gasteiger partial charge in [0.05, 0.1) is 9.38 Å². The second kappa shape index (κ2) is 7.39. The Morgan fingerprint density at radius 3 is 2.68 bits per heavy atom. The number of thioether (sulfide) groups is 1. The standard InChI is InChI=1S/C16H14BrClN2O4S/c17-11-7-10(18)5-9(14(11)22)6-12-15(23)20(16(24)25-12)8-13(21)19-3-1-2-4-19/h5-7,22H,1-4,8H2/b12-6-. The van der Waals surface area contributed by atoms with Gasteiger partial charge in [0.2, 0.25) is 5.91 Å². The molecule has 132 valence electrons. The molecule has 1 N–H and O–H groups in total. The number of hydrogen-bond acceptors (Lipinski definition) is 5. The van der Waals surface area contributed by atoms with Crippen molar-refractivity contribution in [3.05, 3.63) is 32.1 Å². The van der Waals surface area contributed by atoms with Gasteiger partial charge in [0, 0.05) is 23.7 Å². The number of benzene rings is 1. The van der Waals surface area contributed by atoms with Gasteiger partial charge in [-0.15, -0.1) is 0 Å². The molecule has 9 heteroatoms. The van der Waals surface area contributed by atoms with Crippen LogP contribution in [0.15, 0.2) is 21.5 Å². The van der Waals surface area contributed by atoms with E-state index in [1.165, 1.54) is 18.2 Å². The van der Waals surface area contributed by atoms with Gasteiger partial charge in [0.1, 0.15) is 12.3 Å². The third-order valence-corrected chi connectivity index (χ3v) is 5.70. The lowest BCUT2D eigenvalue weighted by molar-refractivity contribution is -0.135. The number of phenolic OH excluding ortho intramolecular Hbond substituents is 1. The highest BCUT2D eigenvalue weighted by Gasteiger charge is 2.37. The number of aromatic hydroxyl groups is 1. The lowest BCUT2D eigenvalue weighted by atomic mass is 10.2. The Labute approximate surface area is 161 Å². The second-order valence-corrected chi connectivity index (χ2v) is 7.97. The Morgan fingerprint density at radius 1 is 1.32 bits per heavy atom. The maximum absolute atomic E-state index is 12.5. The third-order valence-electron chi connectivity index (χ3n) is 3.97. The quantitative estimate of drug-likeness (QED) is 0.721. The summed E-state index contributed by atoms with van der Waals surface area (Å²) in [5.41, 5.74) is 0.316. The Kier molecular flexibility index (Phi) is 5.41. The lowest BCUT2D eigenvalue weighted by Crippen LogP contribution is -2.40. The Balaban J connectivity index is 1.80. The van der Waals surface area contributed by atoms with Crippen LogP contribution in [0.2, 0.25) is 5.02 Å². The molecule has 6 nitrogen and oxygen atoms in total. The van der Waals surface area contributed by atoms with Gasteiger partial charge in [-0.1, -0.05) is 11.6 Å². The number of carbonyl (C=O) groups excluding carboxylic acids is 3. The number of rotatable bonds is 3. The molecule has 2 heterocycles. The van der Waals surface area contributed by atoms with E-state index >= 15 is 0 Å². The van der Waals surface area contributed by atoms with Crippen molar-refractivity contribution >= 4 is 62.4 Å². The zero-order valence-electron chi connectivity index (χ0n) is 13.0. The monoisotopic (exact) mass is 444 g/mol. The molecule has 1 aromatic rings. The molecule has 2 saturated heterocycles. The number of carbonyl (C=O) groups is 3. The first-order valence-electron chi connectivity index (χ1n) is 7.58. The summed E-state index contributed by atoms with van der Waals surface area (Å²) < 4.78 is 0.384. The first kappa shape index (κ1) is 18.3. The zero-order valence-corrected chi connectivity index (χ0v) is 16.2. The average molecular weight is 446 g/mol. The van der Waals surface area contributed by atoms with Gasteiger partial charge >= 0.3 is 0 Å². The van der Waals surface area contributed by atoms with Crippen LogP contribution in [0.3, 0.4) is 0 Å². The molecule has 0 radical (unpaired) electrons. The minimum atomic E-state index is -0.543. The number of nitrogens with zero attached hydrogens (tertiary/aromatic N) is 2. The van der Waals surface area contributed by atoms with Crippen LogP contribution in [0.25, 0.3) is 6.08 Å². The van der Waals surface area contributed by atoms with E-state index in [-0.39, 0.29) is 23.1 Å². The highest BCUT2D eigenvalue weighted by molar-refractivity contribution is 9.10. The van der Waals surface area contributed by atoms with Crippen LogP contribution in [0, 0.1) is 0 Å². The molecule has 0 atom stereocenters. The predicted octanol–water partition coefficient (Wildman–Crippen LogP) is 3.47. The van der Waals surface area contributed by atoms with E-state index in [0.717, 1.165) is 29.5 Å². The molecule has 0 unspecified atom stereocenters. The van der Waals surface area contributed by atoms with E-state index in [4.69, 9.17) is 11.6 Å². The summed E-state index contributed by atoms with van der Waals surface area (Å²) in [6.07, 6.45) is 3.28. The maximum atomic E-state index is 12.5.